The third-order valence-electron chi connectivity index (χ3n) is 3.30. The fraction of sp³-hybridized carbons (Fsp3) is 0.538. The molecule has 1 aliphatic heterocycles. The van der Waals surface area contributed by atoms with Crippen LogP contribution in [0, 0.1) is 0 Å². The Morgan fingerprint density at radius 2 is 1.91 bits per heavy atom. The van der Waals surface area contributed by atoms with Crippen LogP contribution in [0.25, 0.3) is 0 Å². The fourth-order valence-electron chi connectivity index (χ4n) is 2.37. The van der Waals surface area contributed by atoms with E-state index in [-0.39, 0.29) is 23.7 Å². The van der Waals surface area contributed by atoms with Crippen molar-refractivity contribution in [2.45, 2.75) is 12.4 Å². The van der Waals surface area contributed by atoms with Crippen LogP contribution in [-0.4, -0.2) is 44.1 Å². The van der Waals surface area contributed by atoms with Gasteiger partial charge in [-0.25, -0.2) is 4.39 Å². The molecule has 1 heterocycles. The highest BCUT2D eigenvalue weighted by atomic mass is 79.9. The first-order valence-electron chi connectivity index (χ1n) is 6.46. The summed E-state index contributed by atoms with van der Waals surface area (Å²) in [5, 5.41) is 3.12. The molecule has 1 saturated heterocycles. The molecule has 1 fully saturated rings. The van der Waals surface area contributed by atoms with E-state index in [1.54, 1.807) is 0 Å². The Labute approximate surface area is 140 Å². The summed E-state index contributed by atoms with van der Waals surface area (Å²) < 4.78 is 55.5. The predicted octanol–water partition coefficient (Wildman–Crippen LogP) is 3.69. The molecule has 0 amide bonds. The zero-order valence-corrected chi connectivity index (χ0v) is 13.9. The minimum atomic E-state index is -4.80. The smallest absolute Gasteiger partial charge is 0.405 e. The van der Waals surface area contributed by atoms with Gasteiger partial charge in [0.2, 0.25) is 0 Å². The van der Waals surface area contributed by atoms with Crippen LogP contribution >= 0.6 is 28.3 Å². The highest BCUT2D eigenvalue weighted by Gasteiger charge is 2.34. The maximum Gasteiger partial charge on any atom is 0.573 e. The van der Waals surface area contributed by atoms with Gasteiger partial charge in [0.15, 0.2) is 0 Å². The largest absolute Gasteiger partial charge is 0.573 e. The second-order valence-electron chi connectivity index (χ2n) is 4.69. The number of nitrogens with one attached hydrogen (secondary N) is 1. The van der Waals surface area contributed by atoms with E-state index >= 15 is 0 Å². The molecule has 0 aromatic heterocycles. The zero-order chi connectivity index (χ0) is 15.5. The zero-order valence-electron chi connectivity index (χ0n) is 11.5. The number of piperazine rings is 1. The van der Waals surface area contributed by atoms with E-state index in [9.17, 15) is 17.6 Å². The molecule has 22 heavy (non-hydrogen) atoms. The number of ether oxygens (including phenoxy) is 1. The summed E-state index contributed by atoms with van der Waals surface area (Å²) in [4.78, 5) is 1.82. The lowest BCUT2D eigenvalue weighted by Gasteiger charge is -2.34. The van der Waals surface area contributed by atoms with Crippen LogP contribution in [0.5, 0.6) is 5.75 Å². The number of hydrogen-bond acceptors (Lipinski definition) is 3. The molecule has 0 aliphatic carbocycles. The molecule has 0 saturated carbocycles. The number of alkyl halides is 4. The van der Waals surface area contributed by atoms with Crippen LogP contribution in [0.15, 0.2) is 22.7 Å². The summed E-state index contributed by atoms with van der Waals surface area (Å²) in [7, 11) is 0. The normalized spacial score (nSPS) is 17.7. The number of halogens is 6. The van der Waals surface area contributed by atoms with Crippen molar-refractivity contribution in [2.75, 3.05) is 32.9 Å². The standard InChI is InChI=1S/C13H15BrF4N2O.ClH/c14-9-1-2-12(21-13(16,17)18)10(7-9)11(8-15)20-5-3-19-4-6-20;/h1-2,7,11,19H,3-6,8H2;1H/t11-;/m1./s1. The van der Waals surface area contributed by atoms with Crippen molar-refractivity contribution in [2.24, 2.45) is 0 Å². The summed E-state index contributed by atoms with van der Waals surface area (Å²) in [5.41, 5.74) is 0.200. The molecule has 1 atom stereocenters. The van der Waals surface area contributed by atoms with Gasteiger partial charge in [-0.3, -0.25) is 4.90 Å². The summed E-state index contributed by atoms with van der Waals surface area (Å²) in [6.45, 7) is 1.74. The maximum absolute atomic E-state index is 13.5. The third-order valence-corrected chi connectivity index (χ3v) is 3.79. The van der Waals surface area contributed by atoms with Gasteiger partial charge in [0.05, 0.1) is 6.04 Å². The van der Waals surface area contributed by atoms with E-state index in [0.717, 1.165) is 0 Å². The first-order chi connectivity index (χ1) is 9.90. The average Bonchev–Trinajstić information content (AvgIpc) is 2.42. The van der Waals surface area contributed by atoms with Crippen LogP contribution in [0.2, 0.25) is 0 Å². The first kappa shape index (κ1) is 19.5. The average molecular weight is 408 g/mol. The first-order valence-corrected chi connectivity index (χ1v) is 7.26. The molecule has 0 spiro atoms. The van der Waals surface area contributed by atoms with Crippen molar-refractivity contribution in [3.8, 4) is 5.75 Å². The van der Waals surface area contributed by atoms with E-state index in [2.05, 4.69) is 26.0 Å². The molecule has 0 radical (unpaired) electrons. The van der Waals surface area contributed by atoms with Gasteiger partial charge in [-0.15, -0.1) is 25.6 Å². The minimum absolute atomic E-state index is 0. The number of benzene rings is 1. The second-order valence-corrected chi connectivity index (χ2v) is 5.60. The Balaban J connectivity index is 0.00000242. The molecular weight excluding hydrogens is 392 g/mol. The molecule has 1 aromatic carbocycles. The van der Waals surface area contributed by atoms with Gasteiger partial charge in [-0.2, -0.15) is 0 Å². The molecule has 126 valence electrons. The maximum atomic E-state index is 13.5. The lowest BCUT2D eigenvalue weighted by Crippen LogP contribution is -2.45. The number of rotatable bonds is 4. The molecule has 0 bridgehead atoms. The van der Waals surface area contributed by atoms with E-state index in [0.29, 0.717) is 30.7 Å². The van der Waals surface area contributed by atoms with Gasteiger partial charge >= 0.3 is 6.36 Å². The summed E-state index contributed by atoms with van der Waals surface area (Å²) in [6.07, 6.45) is -4.80. The predicted molar refractivity (Wildman–Crippen MR) is 81.2 cm³/mol. The number of hydrogen-bond donors (Lipinski definition) is 1. The van der Waals surface area contributed by atoms with Crippen LogP contribution in [0.1, 0.15) is 11.6 Å². The van der Waals surface area contributed by atoms with Gasteiger partial charge in [0.1, 0.15) is 12.4 Å². The minimum Gasteiger partial charge on any atom is -0.405 e. The van der Waals surface area contributed by atoms with Crippen LogP contribution in [-0.2, 0) is 0 Å². The Bertz CT molecular complexity index is 484. The molecule has 1 aliphatic rings. The van der Waals surface area contributed by atoms with Crippen molar-refractivity contribution in [1.82, 2.24) is 10.2 Å². The molecular formula is C13H16BrClF4N2O. The van der Waals surface area contributed by atoms with Crippen LogP contribution in [0.4, 0.5) is 17.6 Å². The van der Waals surface area contributed by atoms with Crippen molar-refractivity contribution in [3.63, 3.8) is 0 Å². The van der Waals surface area contributed by atoms with Crippen molar-refractivity contribution >= 4 is 28.3 Å². The second kappa shape index (κ2) is 8.33. The lowest BCUT2D eigenvalue weighted by atomic mass is 10.0. The Kier molecular flexibility index (Phi) is 7.37. The fourth-order valence-corrected chi connectivity index (χ4v) is 2.75. The van der Waals surface area contributed by atoms with E-state index in [1.807, 2.05) is 4.90 Å². The quantitative estimate of drug-likeness (QED) is 0.771. The molecule has 1 aromatic rings. The Morgan fingerprint density at radius 3 is 2.45 bits per heavy atom. The van der Waals surface area contributed by atoms with Gasteiger partial charge in [-0.05, 0) is 18.2 Å². The Hall–Kier alpha value is -0.570. The van der Waals surface area contributed by atoms with E-state index < -0.39 is 19.1 Å². The molecule has 0 unspecified atom stereocenters. The number of nitrogens with zero attached hydrogens (tertiary/aromatic N) is 1. The van der Waals surface area contributed by atoms with Gasteiger partial charge in [-0.1, -0.05) is 15.9 Å². The molecule has 2 rings (SSSR count). The topological polar surface area (TPSA) is 24.5 Å². The highest BCUT2D eigenvalue weighted by Crippen LogP contribution is 2.35. The van der Waals surface area contributed by atoms with Crippen molar-refractivity contribution in [1.29, 1.82) is 0 Å². The summed E-state index contributed by atoms with van der Waals surface area (Å²) in [6, 6.07) is 3.38. The molecule has 1 N–H and O–H groups in total. The van der Waals surface area contributed by atoms with Crippen molar-refractivity contribution in [3.05, 3.63) is 28.2 Å². The summed E-state index contributed by atoms with van der Waals surface area (Å²) in [5.74, 6) is -0.355. The molecule has 3 nitrogen and oxygen atoms in total. The van der Waals surface area contributed by atoms with Crippen LogP contribution in [0.3, 0.4) is 0 Å². The van der Waals surface area contributed by atoms with Gasteiger partial charge in [0, 0.05) is 36.2 Å². The monoisotopic (exact) mass is 406 g/mol. The highest BCUT2D eigenvalue weighted by molar-refractivity contribution is 9.10. The van der Waals surface area contributed by atoms with Gasteiger partial charge in [0.25, 0.3) is 0 Å². The lowest BCUT2D eigenvalue weighted by molar-refractivity contribution is -0.275. The SMILES string of the molecule is Cl.FC[C@H](c1cc(Br)ccc1OC(F)(F)F)N1CCNCC1. The van der Waals surface area contributed by atoms with E-state index in [1.165, 1.54) is 18.2 Å². The van der Waals surface area contributed by atoms with Gasteiger partial charge < -0.3 is 10.1 Å². The summed E-state index contributed by atoms with van der Waals surface area (Å²) >= 11 is 3.21. The van der Waals surface area contributed by atoms with E-state index in [4.69, 9.17) is 0 Å². The van der Waals surface area contributed by atoms with Crippen LogP contribution < -0.4 is 10.1 Å². The van der Waals surface area contributed by atoms with Crippen molar-refractivity contribution < 1.29 is 22.3 Å². The Morgan fingerprint density at radius 1 is 1.27 bits per heavy atom. The molecule has 9 heteroatoms. The third kappa shape index (κ3) is 5.26.